The lowest BCUT2D eigenvalue weighted by molar-refractivity contribution is -0.156. The number of ether oxygens (including phenoxy) is 2. The van der Waals surface area contributed by atoms with E-state index in [2.05, 4.69) is 59.0 Å². The van der Waals surface area contributed by atoms with Crippen molar-refractivity contribution in [1.29, 1.82) is 0 Å². The highest BCUT2D eigenvalue weighted by Gasteiger charge is 2.58. The van der Waals surface area contributed by atoms with E-state index in [1.54, 1.807) is 12.0 Å². The lowest BCUT2D eigenvalue weighted by atomic mass is 9.72. The molecule has 2 heterocycles. The summed E-state index contributed by atoms with van der Waals surface area (Å²) in [7, 11) is 1.67. The first-order chi connectivity index (χ1) is 18.3. The maximum absolute atomic E-state index is 14.0. The van der Waals surface area contributed by atoms with Gasteiger partial charge in [-0.15, -0.1) is 0 Å². The standard InChI is InChI=1S/C32H44N2O5/c1-31(2,3)22-15-16-23(38-7)21(18-22)19-33-26-25(32(4,5)6)28(30(36)37)34(29(35)24-14-11-17-39-24)27(26)20-12-9-8-10-13-20/h8-10,12-13,15-16,18,24-28,33H,11,14,17,19H2,1-7H3,(H,36,37)/t24-,25-,26-,27-,28-/m0/s1. The highest BCUT2D eigenvalue weighted by molar-refractivity contribution is 5.88. The van der Waals surface area contributed by atoms with Gasteiger partial charge in [0.05, 0.1) is 13.2 Å². The summed E-state index contributed by atoms with van der Waals surface area (Å²) in [6.07, 6.45) is 0.797. The largest absolute Gasteiger partial charge is 0.496 e. The monoisotopic (exact) mass is 536 g/mol. The van der Waals surface area contributed by atoms with Gasteiger partial charge in [0.15, 0.2) is 0 Å². The van der Waals surface area contributed by atoms with E-state index in [1.807, 2.05) is 36.4 Å². The van der Waals surface area contributed by atoms with Crippen LogP contribution in [0.1, 0.15) is 77.1 Å². The molecule has 7 heteroatoms. The quantitative estimate of drug-likeness (QED) is 0.497. The number of carboxylic acids is 1. The Bertz CT molecular complexity index is 1160. The second-order valence-electron chi connectivity index (χ2n) is 13.0. The molecule has 39 heavy (non-hydrogen) atoms. The van der Waals surface area contributed by atoms with Crippen molar-refractivity contribution in [3.63, 3.8) is 0 Å². The molecule has 0 spiro atoms. The molecule has 2 aromatic carbocycles. The van der Waals surface area contributed by atoms with Gasteiger partial charge in [-0.2, -0.15) is 0 Å². The number of rotatable bonds is 7. The Morgan fingerprint density at radius 2 is 1.77 bits per heavy atom. The van der Waals surface area contributed by atoms with Crippen molar-refractivity contribution in [3.8, 4) is 5.75 Å². The van der Waals surface area contributed by atoms with Gasteiger partial charge in [-0.3, -0.25) is 4.79 Å². The molecule has 0 radical (unpaired) electrons. The van der Waals surface area contributed by atoms with Crippen LogP contribution in [0.4, 0.5) is 0 Å². The molecule has 0 aromatic heterocycles. The number of carbonyl (C=O) groups is 2. The second kappa shape index (κ2) is 11.3. The molecule has 2 aliphatic heterocycles. The minimum atomic E-state index is -0.993. The van der Waals surface area contributed by atoms with Crippen LogP contribution in [-0.2, 0) is 26.3 Å². The van der Waals surface area contributed by atoms with Crippen molar-refractivity contribution in [1.82, 2.24) is 10.2 Å². The molecule has 0 saturated carbocycles. The Morgan fingerprint density at radius 3 is 2.31 bits per heavy atom. The molecule has 2 N–H and O–H groups in total. The summed E-state index contributed by atoms with van der Waals surface area (Å²) >= 11 is 0. The van der Waals surface area contributed by atoms with Crippen LogP contribution in [0.3, 0.4) is 0 Å². The zero-order chi connectivity index (χ0) is 28.5. The summed E-state index contributed by atoms with van der Waals surface area (Å²) < 4.78 is 11.5. The summed E-state index contributed by atoms with van der Waals surface area (Å²) in [4.78, 5) is 28.6. The number of aliphatic carboxylic acids is 1. The number of amides is 1. The maximum Gasteiger partial charge on any atom is 0.326 e. The predicted molar refractivity (Wildman–Crippen MR) is 152 cm³/mol. The number of carboxylic acid groups (broad SMARTS) is 1. The maximum atomic E-state index is 14.0. The van der Waals surface area contributed by atoms with Gasteiger partial charge in [0.2, 0.25) is 0 Å². The molecule has 2 aliphatic rings. The Balaban J connectivity index is 1.81. The Labute approximate surface area is 232 Å². The van der Waals surface area contributed by atoms with Crippen LogP contribution in [0.2, 0.25) is 0 Å². The summed E-state index contributed by atoms with van der Waals surface area (Å²) in [6.45, 7) is 13.7. The molecular weight excluding hydrogens is 492 g/mol. The van der Waals surface area contributed by atoms with Crippen LogP contribution in [0, 0.1) is 11.3 Å². The third-order valence-corrected chi connectivity index (χ3v) is 8.19. The molecule has 2 aromatic rings. The van der Waals surface area contributed by atoms with Gasteiger partial charge in [0.1, 0.15) is 17.9 Å². The molecule has 5 atom stereocenters. The number of carbonyl (C=O) groups excluding carboxylic acids is 1. The smallest absolute Gasteiger partial charge is 0.326 e. The van der Waals surface area contributed by atoms with Gasteiger partial charge >= 0.3 is 5.97 Å². The first-order valence-corrected chi connectivity index (χ1v) is 14.0. The topological polar surface area (TPSA) is 88.1 Å². The number of nitrogens with zero attached hydrogens (tertiary/aromatic N) is 1. The van der Waals surface area contributed by atoms with E-state index < -0.39 is 29.6 Å². The van der Waals surface area contributed by atoms with Gasteiger partial charge in [-0.25, -0.2) is 4.79 Å². The lowest BCUT2D eigenvalue weighted by Gasteiger charge is -2.35. The van der Waals surface area contributed by atoms with Gasteiger partial charge in [0, 0.05) is 30.7 Å². The molecule has 1 amide bonds. The molecule has 0 unspecified atom stereocenters. The van der Waals surface area contributed by atoms with Crippen molar-refractivity contribution in [2.75, 3.05) is 13.7 Å². The zero-order valence-electron chi connectivity index (χ0n) is 24.4. The first kappa shape index (κ1) is 29.1. The number of nitrogens with one attached hydrogen (secondary N) is 1. The minimum Gasteiger partial charge on any atom is -0.496 e. The van der Waals surface area contributed by atoms with Gasteiger partial charge in [-0.1, -0.05) is 84.0 Å². The molecule has 212 valence electrons. The molecule has 0 aliphatic carbocycles. The van der Waals surface area contributed by atoms with E-state index >= 15 is 0 Å². The SMILES string of the molecule is COc1ccc(C(C)(C)C)cc1CN[C@H]1[C@H](C(C)(C)C)[C@@H](C(=O)O)N(C(=O)[C@@H]2CCCO2)[C@H]1c1ccccc1. The van der Waals surface area contributed by atoms with Crippen LogP contribution < -0.4 is 10.1 Å². The Hall–Kier alpha value is -2.90. The fourth-order valence-electron chi connectivity index (χ4n) is 6.28. The number of hydrogen-bond donors (Lipinski definition) is 2. The van der Waals surface area contributed by atoms with E-state index in [-0.39, 0.29) is 23.3 Å². The molecule has 2 fully saturated rings. The number of methoxy groups -OCH3 is 1. The van der Waals surface area contributed by atoms with E-state index in [9.17, 15) is 14.7 Å². The number of benzene rings is 2. The van der Waals surface area contributed by atoms with Crippen LogP contribution in [0.5, 0.6) is 5.75 Å². The first-order valence-electron chi connectivity index (χ1n) is 14.0. The predicted octanol–water partition coefficient (Wildman–Crippen LogP) is 5.33. The van der Waals surface area contributed by atoms with Crippen molar-refractivity contribution < 1.29 is 24.2 Å². The molecule has 7 nitrogen and oxygen atoms in total. The van der Waals surface area contributed by atoms with Gasteiger partial charge in [-0.05, 0) is 40.9 Å². The average Bonchev–Trinajstić information content (AvgIpc) is 3.53. The zero-order valence-corrected chi connectivity index (χ0v) is 24.4. The summed E-state index contributed by atoms with van der Waals surface area (Å²) in [5, 5.41) is 14.3. The highest BCUT2D eigenvalue weighted by Crippen LogP contribution is 2.49. The Morgan fingerprint density at radius 1 is 1.08 bits per heavy atom. The fourth-order valence-corrected chi connectivity index (χ4v) is 6.28. The van der Waals surface area contributed by atoms with E-state index in [0.29, 0.717) is 19.6 Å². The molecule has 2 saturated heterocycles. The van der Waals surface area contributed by atoms with Crippen LogP contribution in [0.15, 0.2) is 48.5 Å². The van der Waals surface area contributed by atoms with E-state index in [0.717, 1.165) is 23.3 Å². The third kappa shape index (κ3) is 5.99. The number of hydrogen-bond acceptors (Lipinski definition) is 5. The molecule has 0 bridgehead atoms. The van der Waals surface area contributed by atoms with Crippen molar-refractivity contribution >= 4 is 11.9 Å². The average molecular weight is 537 g/mol. The third-order valence-electron chi connectivity index (χ3n) is 8.19. The van der Waals surface area contributed by atoms with Crippen molar-refractivity contribution in [2.45, 2.75) is 90.6 Å². The van der Waals surface area contributed by atoms with E-state index in [4.69, 9.17) is 9.47 Å². The summed E-state index contributed by atoms with van der Waals surface area (Å²) in [5.41, 5.74) is 2.66. The highest BCUT2D eigenvalue weighted by atomic mass is 16.5. The lowest BCUT2D eigenvalue weighted by Crippen LogP contribution is -2.50. The van der Waals surface area contributed by atoms with Gasteiger partial charge < -0.3 is 24.8 Å². The number of likely N-dealkylation sites (tertiary alicyclic amines) is 1. The molecule has 4 rings (SSSR count). The van der Waals surface area contributed by atoms with E-state index in [1.165, 1.54) is 5.56 Å². The second-order valence-corrected chi connectivity index (χ2v) is 13.0. The van der Waals surface area contributed by atoms with Crippen molar-refractivity contribution in [2.24, 2.45) is 11.3 Å². The van der Waals surface area contributed by atoms with Crippen LogP contribution in [-0.4, -0.2) is 53.8 Å². The van der Waals surface area contributed by atoms with Crippen molar-refractivity contribution in [3.05, 3.63) is 65.2 Å². The summed E-state index contributed by atoms with van der Waals surface area (Å²) in [5.74, 6) is -0.806. The molecular formula is C32H44N2O5. The summed E-state index contributed by atoms with van der Waals surface area (Å²) in [6, 6.07) is 14.3. The fraction of sp³-hybridized carbons (Fsp3) is 0.562. The Kier molecular flexibility index (Phi) is 8.43. The van der Waals surface area contributed by atoms with Crippen LogP contribution >= 0.6 is 0 Å². The van der Waals surface area contributed by atoms with Crippen LogP contribution in [0.25, 0.3) is 0 Å². The minimum absolute atomic E-state index is 0.0339. The normalized spacial score (nSPS) is 25.6. The van der Waals surface area contributed by atoms with Gasteiger partial charge in [0.25, 0.3) is 5.91 Å².